The van der Waals surface area contributed by atoms with Crippen LogP contribution in [0.4, 0.5) is 0 Å². The van der Waals surface area contributed by atoms with Crippen molar-refractivity contribution in [2.45, 2.75) is 45.1 Å². The van der Waals surface area contributed by atoms with Gasteiger partial charge in [0.2, 0.25) is 0 Å². The normalized spacial score (nSPS) is 30.2. The summed E-state index contributed by atoms with van der Waals surface area (Å²) in [6.07, 6.45) is 2.20. The summed E-state index contributed by atoms with van der Waals surface area (Å²) < 4.78 is 23.1. The van der Waals surface area contributed by atoms with E-state index < -0.39 is 31.7 Å². The van der Waals surface area contributed by atoms with Crippen LogP contribution < -0.4 is 0 Å². The van der Waals surface area contributed by atoms with Crippen molar-refractivity contribution in [2.75, 3.05) is 19.8 Å². The minimum Gasteiger partial charge on any atom is -0.389 e. The third-order valence-corrected chi connectivity index (χ3v) is 8.83. The van der Waals surface area contributed by atoms with Crippen LogP contribution in [0.5, 0.6) is 0 Å². The summed E-state index contributed by atoms with van der Waals surface area (Å²) in [6, 6.07) is 0. The molecule has 2 aliphatic carbocycles. The molecule has 2 bridgehead atoms. The molecule has 0 amide bonds. The Morgan fingerprint density at radius 1 is 1.14 bits per heavy atom. The van der Waals surface area contributed by atoms with E-state index in [1.807, 2.05) is 20.8 Å². The van der Waals surface area contributed by atoms with Crippen LogP contribution in [0.1, 0.15) is 40.0 Å². The van der Waals surface area contributed by atoms with Crippen molar-refractivity contribution in [2.24, 2.45) is 5.92 Å². The quantitative estimate of drug-likeness (QED) is 0.405. The Morgan fingerprint density at radius 3 is 2.27 bits per heavy atom. The first-order chi connectivity index (χ1) is 10.5. The van der Waals surface area contributed by atoms with Crippen molar-refractivity contribution >= 4 is 20.7 Å². The van der Waals surface area contributed by atoms with E-state index in [-0.39, 0.29) is 0 Å². The second-order valence-electron chi connectivity index (χ2n) is 5.85. The molecule has 1 aliphatic heterocycles. The van der Waals surface area contributed by atoms with E-state index in [9.17, 15) is 9.59 Å². The molecule has 0 spiro atoms. The third-order valence-electron chi connectivity index (χ3n) is 4.89. The van der Waals surface area contributed by atoms with Gasteiger partial charge < -0.3 is 18.0 Å². The molecule has 3 rings (SSSR count). The zero-order valence-corrected chi connectivity index (χ0v) is 14.3. The molecule has 22 heavy (non-hydrogen) atoms. The van der Waals surface area contributed by atoms with Crippen molar-refractivity contribution < 1.29 is 27.6 Å². The Balaban J connectivity index is 2.08. The van der Waals surface area contributed by atoms with Gasteiger partial charge in [-0.1, -0.05) is 5.57 Å². The van der Waals surface area contributed by atoms with Crippen molar-refractivity contribution in [1.82, 2.24) is 0 Å². The fourth-order valence-corrected chi connectivity index (χ4v) is 7.99. The number of rotatable bonds is 7. The highest BCUT2D eigenvalue weighted by atomic mass is 28.4. The van der Waals surface area contributed by atoms with Gasteiger partial charge in [0.25, 0.3) is 0 Å². The van der Waals surface area contributed by atoms with E-state index in [0.29, 0.717) is 31.8 Å². The van der Waals surface area contributed by atoms with Gasteiger partial charge in [0, 0.05) is 19.8 Å². The summed E-state index contributed by atoms with van der Waals surface area (Å²) in [5.74, 6) is -1.52. The molecule has 6 nitrogen and oxygen atoms in total. The molecule has 1 saturated heterocycles. The maximum Gasteiger partial charge on any atom is 0.509 e. The zero-order valence-electron chi connectivity index (χ0n) is 13.3. The third kappa shape index (κ3) is 1.89. The van der Waals surface area contributed by atoms with Crippen molar-refractivity contribution in [3.8, 4) is 0 Å². The maximum absolute atomic E-state index is 12.3. The first-order valence-corrected chi connectivity index (χ1v) is 9.67. The largest absolute Gasteiger partial charge is 0.509 e. The average molecular weight is 326 g/mol. The van der Waals surface area contributed by atoms with Crippen LogP contribution in [-0.4, -0.2) is 40.6 Å². The second kappa shape index (κ2) is 5.56. The number of carbonyl (C=O) groups is 2. The van der Waals surface area contributed by atoms with Crippen LogP contribution in [0.2, 0.25) is 5.04 Å². The monoisotopic (exact) mass is 326 g/mol. The topological polar surface area (TPSA) is 71.1 Å². The Labute approximate surface area is 131 Å². The SMILES string of the molecule is CCO[Si](OCC)(OCC)C12CCC(=C3C(=O)OC(=O)C31)C2. The van der Waals surface area contributed by atoms with E-state index in [4.69, 9.17) is 18.0 Å². The Hall–Kier alpha value is -1.02. The number of hydrogen-bond acceptors (Lipinski definition) is 6. The number of esters is 2. The molecule has 122 valence electrons. The van der Waals surface area contributed by atoms with Gasteiger partial charge in [0.15, 0.2) is 0 Å². The summed E-state index contributed by atoms with van der Waals surface area (Å²) in [7, 11) is -3.12. The fourth-order valence-electron chi connectivity index (χ4n) is 4.26. The van der Waals surface area contributed by atoms with E-state index in [1.165, 1.54) is 0 Å². The van der Waals surface area contributed by atoms with Gasteiger partial charge in [0.1, 0.15) is 0 Å². The van der Waals surface area contributed by atoms with Crippen molar-refractivity contribution in [3.05, 3.63) is 11.1 Å². The van der Waals surface area contributed by atoms with Gasteiger partial charge in [-0.05, 0) is 40.0 Å². The Kier molecular flexibility index (Phi) is 4.01. The lowest BCUT2D eigenvalue weighted by Gasteiger charge is -2.43. The lowest BCUT2D eigenvalue weighted by atomic mass is 9.87. The van der Waals surface area contributed by atoms with E-state index in [2.05, 4.69) is 0 Å². The maximum atomic E-state index is 12.3. The lowest BCUT2D eigenvalue weighted by Crippen LogP contribution is -2.58. The highest BCUT2D eigenvalue weighted by molar-refractivity contribution is 6.65. The molecule has 2 fully saturated rings. The minimum absolute atomic E-state index is 0.453. The predicted molar refractivity (Wildman–Crippen MR) is 78.8 cm³/mol. The van der Waals surface area contributed by atoms with Gasteiger partial charge in [-0.3, -0.25) is 4.79 Å². The van der Waals surface area contributed by atoms with Crippen LogP contribution in [0, 0.1) is 5.92 Å². The zero-order chi connectivity index (χ0) is 16.0. The van der Waals surface area contributed by atoms with Crippen LogP contribution >= 0.6 is 0 Å². The van der Waals surface area contributed by atoms with Crippen LogP contribution in [0.3, 0.4) is 0 Å². The van der Waals surface area contributed by atoms with Gasteiger partial charge in [-0.15, -0.1) is 0 Å². The Bertz CT molecular complexity index is 525. The van der Waals surface area contributed by atoms with Crippen LogP contribution in [-0.2, 0) is 27.6 Å². The standard InChI is InChI=1S/C15H22O6Si/c1-4-18-22(19-5-2,20-6-3)15-8-7-10(9-15)11-12(15)14(17)21-13(11)16/h12H,4-9H2,1-3H3. The van der Waals surface area contributed by atoms with Crippen LogP contribution in [0.15, 0.2) is 11.1 Å². The summed E-state index contributed by atoms with van der Waals surface area (Å²) in [5, 5.41) is -0.567. The lowest BCUT2D eigenvalue weighted by molar-refractivity contribution is -0.153. The summed E-state index contributed by atoms with van der Waals surface area (Å²) in [6.45, 7) is 7.05. The smallest absolute Gasteiger partial charge is 0.389 e. The van der Waals surface area contributed by atoms with E-state index in [1.54, 1.807) is 0 Å². The first kappa shape index (κ1) is 15.9. The van der Waals surface area contributed by atoms with Gasteiger partial charge in [-0.25, -0.2) is 4.79 Å². The number of cyclic esters (lactones) is 2. The number of allylic oxidation sites excluding steroid dienone is 1. The summed E-state index contributed by atoms with van der Waals surface area (Å²) in [5.41, 5.74) is 1.57. The molecular weight excluding hydrogens is 304 g/mol. The first-order valence-electron chi connectivity index (χ1n) is 7.95. The number of fused-ring (bicyclic) bond motifs is 4. The number of ether oxygens (including phenoxy) is 1. The molecule has 0 aromatic carbocycles. The molecule has 7 heteroatoms. The van der Waals surface area contributed by atoms with E-state index >= 15 is 0 Å². The molecule has 1 saturated carbocycles. The molecule has 2 unspecified atom stereocenters. The van der Waals surface area contributed by atoms with E-state index in [0.717, 1.165) is 18.4 Å². The molecule has 0 aromatic heterocycles. The molecular formula is C15H22O6Si. The molecule has 2 atom stereocenters. The second-order valence-corrected chi connectivity index (χ2v) is 8.82. The van der Waals surface area contributed by atoms with Gasteiger partial charge in [-0.2, -0.15) is 0 Å². The predicted octanol–water partition coefficient (Wildman–Crippen LogP) is 1.97. The molecule has 0 aromatic rings. The highest BCUT2D eigenvalue weighted by Gasteiger charge is 2.74. The van der Waals surface area contributed by atoms with Crippen LogP contribution in [0.25, 0.3) is 0 Å². The number of carbonyl (C=O) groups excluding carboxylic acids is 2. The minimum atomic E-state index is -3.12. The van der Waals surface area contributed by atoms with Gasteiger partial charge in [0.05, 0.1) is 16.5 Å². The number of hydrogen-bond donors (Lipinski definition) is 0. The molecule has 0 N–H and O–H groups in total. The van der Waals surface area contributed by atoms with Crippen molar-refractivity contribution in [1.29, 1.82) is 0 Å². The average Bonchev–Trinajstić information content (AvgIpc) is 3.12. The molecule has 0 radical (unpaired) electrons. The molecule has 1 heterocycles. The highest BCUT2D eigenvalue weighted by Crippen LogP contribution is 2.69. The fraction of sp³-hybridized carbons (Fsp3) is 0.733. The summed E-state index contributed by atoms with van der Waals surface area (Å²) in [4.78, 5) is 24.3. The molecule has 3 aliphatic rings. The van der Waals surface area contributed by atoms with Gasteiger partial charge >= 0.3 is 20.7 Å². The Morgan fingerprint density at radius 2 is 1.73 bits per heavy atom. The summed E-state index contributed by atoms with van der Waals surface area (Å²) >= 11 is 0. The van der Waals surface area contributed by atoms with Crippen molar-refractivity contribution in [3.63, 3.8) is 0 Å².